The number of carbonyl (C=O) groups excluding carboxylic acids is 3. The molecule has 0 saturated carbocycles. The molecule has 0 N–H and O–H groups in total. The van der Waals surface area contributed by atoms with E-state index >= 15 is 0 Å². The van der Waals surface area contributed by atoms with E-state index in [1.165, 1.54) is 61.1 Å². The number of benzene rings is 1. The van der Waals surface area contributed by atoms with Gasteiger partial charge in [-0.3, -0.25) is 9.78 Å². The van der Waals surface area contributed by atoms with Gasteiger partial charge in [0.15, 0.2) is 12.4 Å². The number of ketones is 1. The summed E-state index contributed by atoms with van der Waals surface area (Å²) in [6.45, 7) is -0.396. The lowest BCUT2D eigenvalue weighted by Gasteiger charge is -2.06. The minimum absolute atomic E-state index is 0.0770. The minimum atomic E-state index is -0.639. The minimum Gasteiger partial charge on any atom is -0.457 e. The Morgan fingerprint density at radius 2 is 1.62 bits per heavy atom. The number of hydrogen-bond acceptors (Lipinski definition) is 7. The van der Waals surface area contributed by atoms with Gasteiger partial charge in [-0.25, -0.2) is 9.59 Å². The van der Waals surface area contributed by atoms with Crippen molar-refractivity contribution in [2.24, 2.45) is 0 Å². The zero-order valence-electron chi connectivity index (χ0n) is 13.5. The lowest BCUT2D eigenvalue weighted by Crippen LogP contribution is -2.14. The Hall–Kier alpha value is -3.74. The van der Waals surface area contributed by atoms with E-state index in [0.29, 0.717) is 11.1 Å². The Morgan fingerprint density at radius 3 is 2.27 bits per heavy atom. The molecule has 0 aliphatic rings. The predicted octanol–water partition coefficient (Wildman–Crippen LogP) is 2.93. The van der Waals surface area contributed by atoms with Crippen LogP contribution < -0.4 is 4.74 Å². The molecule has 0 aliphatic carbocycles. The number of esters is 2. The van der Waals surface area contributed by atoms with E-state index in [9.17, 15) is 14.4 Å². The van der Waals surface area contributed by atoms with Crippen molar-refractivity contribution in [1.29, 1.82) is 0 Å². The molecule has 2 heterocycles. The van der Waals surface area contributed by atoms with Crippen LogP contribution in [0.3, 0.4) is 0 Å². The third-order valence-corrected chi connectivity index (χ3v) is 3.36. The SMILES string of the molecule is O=C(COC(=O)c1ccncc1)c1ccc(OC(=O)c2ccco2)cc1. The number of furan rings is 1. The molecule has 0 fully saturated rings. The Kier molecular flexibility index (Phi) is 5.19. The summed E-state index contributed by atoms with van der Waals surface area (Å²) in [5.41, 5.74) is 0.637. The van der Waals surface area contributed by atoms with Gasteiger partial charge in [0.05, 0.1) is 11.8 Å². The molecule has 0 radical (unpaired) electrons. The molecule has 0 amide bonds. The van der Waals surface area contributed by atoms with Crippen molar-refractivity contribution in [2.45, 2.75) is 0 Å². The van der Waals surface area contributed by atoms with Crippen molar-refractivity contribution in [3.63, 3.8) is 0 Å². The highest BCUT2D eigenvalue weighted by Gasteiger charge is 2.14. The molecule has 2 aromatic heterocycles. The van der Waals surface area contributed by atoms with E-state index in [1.807, 2.05) is 0 Å². The van der Waals surface area contributed by atoms with Gasteiger partial charge >= 0.3 is 11.9 Å². The predicted molar refractivity (Wildman–Crippen MR) is 89.0 cm³/mol. The normalized spacial score (nSPS) is 10.2. The number of rotatable bonds is 6. The maximum atomic E-state index is 12.1. The molecule has 130 valence electrons. The lowest BCUT2D eigenvalue weighted by molar-refractivity contribution is 0.0474. The summed E-state index contributed by atoms with van der Waals surface area (Å²) >= 11 is 0. The first-order chi connectivity index (χ1) is 12.6. The van der Waals surface area contributed by atoms with Crippen molar-refractivity contribution >= 4 is 17.7 Å². The standard InChI is InChI=1S/C19H13NO6/c21-16(12-25-18(22)14-7-9-20-10-8-14)13-3-5-15(6-4-13)26-19(23)17-2-1-11-24-17/h1-11H,12H2. The molecular weight excluding hydrogens is 338 g/mol. The van der Waals surface area contributed by atoms with Crippen LogP contribution in [0.2, 0.25) is 0 Å². The van der Waals surface area contributed by atoms with Crippen molar-refractivity contribution in [2.75, 3.05) is 6.61 Å². The smallest absolute Gasteiger partial charge is 0.379 e. The van der Waals surface area contributed by atoms with Crippen LogP contribution >= 0.6 is 0 Å². The summed E-state index contributed by atoms with van der Waals surface area (Å²) in [6.07, 6.45) is 4.29. The van der Waals surface area contributed by atoms with Gasteiger partial charge in [-0.1, -0.05) is 0 Å². The quantitative estimate of drug-likeness (QED) is 0.383. The zero-order valence-corrected chi connectivity index (χ0v) is 13.5. The van der Waals surface area contributed by atoms with Crippen molar-refractivity contribution in [3.05, 3.63) is 84.1 Å². The first-order valence-electron chi connectivity index (χ1n) is 7.59. The fourth-order valence-corrected chi connectivity index (χ4v) is 2.05. The lowest BCUT2D eigenvalue weighted by atomic mass is 10.1. The molecule has 1 aromatic carbocycles. The summed E-state index contributed by atoms with van der Waals surface area (Å²) in [5.74, 6) is -1.29. The van der Waals surface area contributed by atoms with Gasteiger partial charge in [-0.15, -0.1) is 0 Å². The fourth-order valence-electron chi connectivity index (χ4n) is 2.05. The molecule has 0 unspecified atom stereocenters. The second kappa shape index (κ2) is 7.89. The summed E-state index contributed by atoms with van der Waals surface area (Å²) in [6, 6.07) is 11.9. The van der Waals surface area contributed by atoms with Gasteiger partial charge in [0, 0.05) is 18.0 Å². The molecule has 26 heavy (non-hydrogen) atoms. The van der Waals surface area contributed by atoms with Gasteiger partial charge in [0.1, 0.15) is 5.75 Å². The molecular formula is C19H13NO6. The summed E-state index contributed by atoms with van der Waals surface area (Å²) in [4.78, 5) is 39.4. The molecule has 7 nitrogen and oxygen atoms in total. The van der Waals surface area contributed by atoms with E-state index < -0.39 is 18.5 Å². The van der Waals surface area contributed by atoms with Crippen LogP contribution in [0.4, 0.5) is 0 Å². The Labute approximate surface area is 148 Å². The largest absolute Gasteiger partial charge is 0.457 e. The van der Waals surface area contributed by atoms with E-state index in [4.69, 9.17) is 13.9 Å². The number of Topliss-reactive ketones (excluding diaryl/α,β-unsaturated/α-hetero) is 1. The number of hydrogen-bond donors (Lipinski definition) is 0. The van der Waals surface area contributed by atoms with Crippen LogP contribution in [-0.2, 0) is 4.74 Å². The highest BCUT2D eigenvalue weighted by molar-refractivity contribution is 5.99. The molecule has 3 aromatic rings. The molecule has 0 bridgehead atoms. The van der Waals surface area contributed by atoms with Gasteiger partial charge in [-0.05, 0) is 48.5 Å². The molecule has 0 spiro atoms. The van der Waals surface area contributed by atoms with Crippen LogP contribution in [0.5, 0.6) is 5.75 Å². The van der Waals surface area contributed by atoms with Gasteiger partial charge in [0.2, 0.25) is 5.76 Å². The first-order valence-corrected chi connectivity index (χ1v) is 7.59. The first kappa shape index (κ1) is 17.1. The second-order valence-corrected chi connectivity index (χ2v) is 5.13. The van der Waals surface area contributed by atoms with Gasteiger partial charge in [-0.2, -0.15) is 0 Å². The Bertz CT molecular complexity index is 901. The number of ether oxygens (including phenoxy) is 2. The third kappa shape index (κ3) is 4.21. The Morgan fingerprint density at radius 1 is 0.885 bits per heavy atom. The maximum Gasteiger partial charge on any atom is 0.379 e. The maximum absolute atomic E-state index is 12.1. The van der Waals surface area contributed by atoms with Crippen molar-refractivity contribution < 1.29 is 28.3 Å². The average Bonchev–Trinajstić information content (AvgIpc) is 3.22. The number of aromatic nitrogens is 1. The molecule has 7 heteroatoms. The van der Waals surface area contributed by atoms with Crippen LogP contribution in [0.1, 0.15) is 31.3 Å². The van der Waals surface area contributed by atoms with Crippen LogP contribution in [0.25, 0.3) is 0 Å². The van der Waals surface area contributed by atoms with Gasteiger partial charge in [0.25, 0.3) is 0 Å². The highest BCUT2D eigenvalue weighted by atomic mass is 16.5. The summed E-state index contributed by atoms with van der Waals surface area (Å²) in [7, 11) is 0. The second-order valence-electron chi connectivity index (χ2n) is 5.13. The van der Waals surface area contributed by atoms with Crippen LogP contribution in [-0.4, -0.2) is 29.3 Å². The van der Waals surface area contributed by atoms with E-state index in [0.717, 1.165) is 0 Å². The summed E-state index contributed by atoms with van der Waals surface area (Å²) < 4.78 is 15.0. The van der Waals surface area contributed by atoms with Crippen molar-refractivity contribution in [3.8, 4) is 5.75 Å². The summed E-state index contributed by atoms with van der Waals surface area (Å²) in [5, 5.41) is 0. The highest BCUT2D eigenvalue weighted by Crippen LogP contribution is 2.15. The van der Waals surface area contributed by atoms with Gasteiger partial charge < -0.3 is 13.9 Å². The molecule has 0 saturated heterocycles. The number of pyridine rings is 1. The van der Waals surface area contributed by atoms with E-state index in [2.05, 4.69) is 4.98 Å². The average molecular weight is 351 g/mol. The van der Waals surface area contributed by atoms with Crippen molar-refractivity contribution in [1.82, 2.24) is 4.98 Å². The number of carbonyl (C=O) groups is 3. The molecule has 0 aliphatic heterocycles. The van der Waals surface area contributed by atoms with E-state index in [-0.39, 0.29) is 17.3 Å². The third-order valence-electron chi connectivity index (χ3n) is 3.36. The molecule has 0 atom stereocenters. The van der Waals surface area contributed by atoms with E-state index in [1.54, 1.807) is 6.07 Å². The zero-order chi connectivity index (χ0) is 18.4. The fraction of sp³-hybridized carbons (Fsp3) is 0.0526. The monoisotopic (exact) mass is 351 g/mol. The van der Waals surface area contributed by atoms with Crippen LogP contribution in [0, 0.1) is 0 Å². The number of nitrogens with zero attached hydrogens (tertiary/aromatic N) is 1. The topological polar surface area (TPSA) is 95.7 Å². The Balaban J connectivity index is 1.55. The molecule has 3 rings (SSSR count). The van der Waals surface area contributed by atoms with Crippen LogP contribution in [0.15, 0.2) is 71.6 Å².